The van der Waals surface area contributed by atoms with Crippen LogP contribution in [0.1, 0.15) is 0 Å². The van der Waals surface area contributed by atoms with E-state index in [9.17, 15) is 5.11 Å². The summed E-state index contributed by atoms with van der Waals surface area (Å²) in [5.74, 6) is 0. The molecule has 0 spiro atoms. The van der Waals surface area contributed by atoms with Crippen molar-refractivity contribution in [3.63, 3.8) is 0 Å². The van der Waals surface area contributed by atoms with Crippen LogP contribution in [0.4, 0.5) is 0 Å². The van der Waals surface area contributed by atoms with Gasteiger partial charge < -0.3 is 5.11 Å². The molecule has 1 N–H and O–H groups in total. The summed E-state index contributed by atoms with van der Waals surface area (Å²) in [5.41, 5.74) is 0. The number of aliphatic hydroxyl groups is 1. The number of hydrogen-bond acceptors (Lipinski definition) is 2. The minimum atomic E-state index is -1.60. The lowest BCUT2D eigenvalue weighted by atomic mass is 10.2. The van der Waals surface area contributed by atoms with Gasteiger partial charge in [-0.25, -0.2) is 4.99 Å². The molecule has 5 heteroatoms. The molecule has 1 heterocycles. The molecule has 2 atom stereocenters. The molecular weight excluding hydrogens is 196 g/mol. The van der Waals surface area contributed by atoms with Gasteiger partial charge in [0.15, 0.2) is 5.06 Å². The number of aliphatic imine (C=N–C) groups is 1. The predicted molar refractivity (Wildman–Crippen MR) is 42.9 cm³/mol. The van der Waals surface area contributed by atoms with Crippen molar-refractivity contribution in [3.05, 3.63) is 12.3 Å². The van der Waals surface area contributed by atoms with Crippen LogP contribution in [0.15, 0.2) is 17.3 Å². The summed E-state index contributed by atoms with van der Waals surface area (Å²) < 4.78 is 0. The Morgan fingerprint density at radius 1 is 1.70 bits per heavy atom. The minimum Gasteiger partial charge on any atom is -0.370 e. The van der Waals surface area contributed by atoms with E-state index in [4.69, 9.17) is 34.8 Å². The third-order valence-electron chi connectivity index (χ3n) is 1.07. The Kier molecular flexibility index (Phi) is 2.25. The molecule has 0 fully saturated rings. The Balaban J connectivity index is 2.89. The molecule has 10 heavy (non-hydrogen) atoms. The second kappa shape index (κ2) is 2.70. The Bertz CT molecular complexity index is 199. The normalized spacial score (nSPS) is 39.6. The molecule has 0 aromatic carbocycles. The fourth-order valence-corrected chi connectivity index (χ4v) is 1.10. The highest BCUT2D eigenvalue weighted by molar-refractivity contribution is 6.72. The molecule has 0 bridgehead atoms. The zero-order valence-corrected chi connectivity index (χ0v) is 7.03. The van der Waals surface area contributed by atoms with Crippen LogP contribution in [0.3, 0.4) is 0 Å². The molecule has 2 nitrogen and oxygen atoms in total. The van der Waals surface area contributed by atoms with Gasteiger partial charge in [-0.05, 0) is 6.08 Å². The first-order valence-corrected chi connectivity index (χ1v) is 3.69. The molecule has 0 amide bonds. The molecule has 1 rings (SSSR count). The first-order chi connectivity index (χ1) is 4.54. The van der Waals surface area contributed by atoms with Crippen LogP contribution in [-0.4, -0.2) is 20.7 Å². The zero-order chi connectivity index (χ0) is 7.78. The van der Waals surface area contributed by atoms with Crippen molar-refractivity contribution in [2.75, 3.05) is 0 Å². The van der Waals surface area contributed by atoms with E-state index in [1.54, 1.807) is 0 Å². The van der Waals surface area contributed by atoms with Crippen LogP contribution in [-0.2, 0) is 0 Å². The van der Waals surface area contributed by atoms with E-state index < -0.39 is 10.4 Å². The second-order valence-corrected chi connectivity index (χ2v) is 3.29. The molecule has 0 saturated carbocycles. The van der Waals surface area contributed by atoms with Crippen LogP contribution < -0.4 is 0 Å². The highest BCUT2D eigenvalue weighted by Crippen LogP contribution is 2.28. The van der Waals surface area contributed by atoms with Crippen molar-refractivity contribution in [3.8, 4) is 0 Å². The summed E-state index contributed by atoms with van der Waals surface area (Å²) in [6, 6.07) is 0. The maximum atomic E-state index is 9.19. The summed E-state index contributed by atoms with van der Waals surface area (Å²) in [6.07, 6.45) is 2.59. The maximum absolute atomic E-state index is 9.19. The summed E-state index contributed by atoms with van der Waals surface area (Å²) in [4.78, 5) is 3.63. The van der Waals surface area contributed by atoms with Gasteiger partial charge in [0.25, 0.3) is 0 Å². The van der Waals surface area contributed by atoms with Gasteiger partial charge in [0.05, 0.1) is 0 Å². The van der Waals surface area contributed by atoms with Crippen molar-refractivity contribution in [2.24, 2.45) is 4.99 Å². The Labute approximate surface area is 73.1 Å². The first-order valence-electron chi connectivity index (χ1n) is 2.50. The van der Waals surface area contributed by atoms with Crippen LogP contribution >= 0.6 is 34.8 Å². The van der Waals surface area contributed by atoms with Crippen molar-refractivity contribution in [1.82, 2.24) is 0 Å². The molecule has 0 aliphatic carbocycles. The number of rotatable bonds is 0. The maximum Gasteiger partial charge on any atom is 0.182 e. The van der Waals surface area contributed by atoms with Crippen LogP contribution in [0.5, 0.6) is 0 Å². The van der Waals surface area contributed by atoms with Crippen LogP contribution in [0, 0.1) is 0 Å². The van der Waals surface area contributed by atoms with E-state index in [1.165, 1.54) is 12.3 Å². The SMILES string of the molecule is OC1(Cl)C=CN=C(Cl)C1Cl. The smallest absolute Gasteiger partial charge is 0.182 e. The predicted octanol–water partition coefficient (Wildman–Crippen LogP) is 1.69. The lowest BCUT2D eigenvalue weighted by Crippen LogP contribution is -2.36. The van der Waals surface area contributed by atoms with Gasteiger partial charge in [-0.3, -0.25) is 0 Å². The van der Waals surface area contributed by atoms with Gasteiger partial charge >= 0.3 is 0 Å². The van der Waals surface area contributed by atoms with Crippen molar-refractivity contribution in [2.45, 2.75) is 10.4 Å². The number of halogens is 3. The largest absolute Gasteiger partial charge is 0.370 e. The third kappa shape index (κ3) is 1.45. The van der Waals surface area contributed by atoms with Crippen LogP contribution in [0.2, 0.25) is 0 Å². The number of alkyl halides is 2. The van der Waals surface area contributed by atoms with Crippen molar-refractivity contribution in [1.29, 1.82) is 0 Å². The lowest BCUT2D eigenvalue weighted by molar-refractivity contribution is 0.190. The summed E-state index contributed by atoms with van der Waals surface area (Å²) in [5, 5.41) is 6.84. The van der Waals surface area contributed by atoms with Gasteiger partial charge in [-0.15, -0.1) is 11.6 Å². The van der Waals surface area contributed by atoms with E-state index in [1.807, 2.05) is 0 Å². The van der Waals surface area contributed by atoms with Gasteiger partial charge in [-0.1, -0.05) is 23.2 Å². The molecule has 0 radical (unpaired) electrons. The highest BCUT2D eigenvalue weighted by Gasteiger charge is 2.35. The Hall–Kier alpha value is 0.240. The third-order valence-corrected chi connectivity index (χ3v) is 2.49. The molecule has 0 aromatic rings. The topological polar surface area (TPSA) is 32.6 Å². The van der Waals surface area contributed by atoms with Crippen molar-refractivity contribution >= 4 is 40.0 Å². The number of hydrogen-bond donors (Lipinski definition) is 1. The fourth-order valence-electron chi connectivity index (χ4n) is 0.530. The summed E-state index contributed by atoms with van der Waals surface area (Å²) in [7, 11) is 0. The quantitative estimate of drug-likeness (QED) is 0.593. The van der Waals surface area contributed by atoms with Gasteiger partial charge in [0.1, 0.15) is 10.5 Å². The Morgan fingerprint density at radius 2 is 2.30 bits per heavy atom. The molecular formula is C5H4Cl3NO. The van der Waals surface area contributed by atoms with Crippen molar-refractivity contribution < 1.29 is 5.11 Å². The zero-order valence-electron chi connectivity index (χ0n) is 4.76. The summed E-state index contributed by atoms with van der Waals surface area (Å²) in [6.45, 7) is 0. The summed E-state index contributed by atoms with van der Waals surface area (Å²) >= 11 is 16.5. The van der Waals surface area contributed by atoms with E-state index >= 15 is 0 Å². The first kappa shape index (κ1) is 8.34. The van der Waals surface area contributed by atoms with Crippen LogP contribution in [0.25, 0.3) is 0 Å². The fraction of sp³-hybridized carbons (Fsp3) is 0.400. The van der Waals surface area contributed by atoms with Gasteiger partial charge in [0.2, 0.25) is 0 Å². The van der Waals surface area contributed by atoms with E-state index in [2.05, 4.69) is 4.99 Å². The second-order valence-electron chi connectivity index (χ2n) is 1.86. The van der Waals surface area contributed by atoms with E-state index in [0.29, 0.717) is 0 Å². The monoisotopic (exact) mass is 199 g/mol. The lowest BCUT2D eigenvalue weighted by Gasteiger charge is -2.23. The standard InChI is InChI=1S/C5H4Cl3NO/c6-3-4(7)9-2-1-5(3,8)10/h1-3,10H. The van der Waals surface area contributed by atoms with E-state index in [-0.39, 0.29) is 5.17 Å². The average molecular weight is 200 g/mol. The molecule has 0 saturated heterocycles. The molecule has 1 aliphatic rings. The van der Waals surface area contributed by atoms with Gasteiger partial charge in [0, 0.05) is 6.20 Å². The highest BCUT2D eigenvalue weighted by atomic mass is 35.5. The number of nitrogens with zero attached hydrogens (tertiary/aromatic N) is 1. The average Bonchev–Trinajstić information content (AvgIpc) is 1.83. The van der Waals surface area contributed by atoms with E-state index in [0.717, 1.165) is 0 Å². The minimum absolute atomic E-state index is 0.0988. The molecule has 0 aromatic heterocycles. The Morgan fingerprint density at radius 3 is 2.70 bits per heavy atom. The molecule has 56 valence electrons. The van der Waals surface area contributed by atoms with Gasteiger partial charge in [-0.2, -0.15) is 0 Å². The molecule has 1 aliphatic heterocycles. The molecule has 2 unspecified atom stereocenters.